The molecule has 0 bridgehead atoms. The number of rotatable bonds is 5. The zero-order chi connectivity index (χ0) is 21.9. The van der Waals surface area contributed by atoms with Crippen LogP contribution >= 0.6 is 11.6 Å². The van der Waals surface area contributed by atoms with Gasteiger partial charge in [-0.2, -0.15) is 0 Å². The zero-order valence-corrected chi connectivity index (χ0v) is 18.6. The van der Waals surface area contributed by atoms with Gasteiger partial charge in [0.1, 0.15) is 5.82 Å². The summed E-state index contributed by atoms with van der Waals surface area (Å²) in [5, 5.41) is 3.02. The summed E-state index contributed by atoms with van der Waals surface area (Å²) in [7, 11) is 0. The first-order valence-corrected chi connectivity index (χ1v) is 11.5. The molecule has 0 unspecified atom stereocenters. The van der Waals surface area contributed by atoms with Crippen molar-refractivity contribution in [2.24, 2.45) is 17.3 Å². The van der Waals surface area contributed by atoms with Gasteiger partial charge in [-0.25, -0.2) is 13.2 Å². The van der Waals surface area contributed by atoms with Gasteiger partial charge in [-0.1, -0.05) is 25.4 Å². The van der Waals surface area contributed by atoms with E-state index in [-0.39, 0.29) is 35.1 Å². The van der Waals surface area contributed by atoms with E-state index in [9.17, 15) is 18.0 Å². The van der Waals surface area contributed by atoms with Gasteiger partial charge in [0.15, 0.2) is 0 Å². The second kappa shape index (κ2) is 9.47. The Labute approximate surface area is 182 Å². The number of nitrogens with zero attached hydrogens (tertiary/aromatic N) is 1. The van der Waals surface area contributed by atoms with Crippen LogP contribution in [0.15, 0.2) is 18.2 Å². The van der Waals surface area contributed by atoms with Crippen LogP contribution in [0.25, 0.3) is 0 Å². The highest BCUT2D eigenvalue weighted by atomic mass is 35.5. The largest absolute Gasteiger partial charge is 0.326 e. The topological polar surface area (TPSA) is 32.3 Å². The van der Waals surface area contributed by atoms with E-state index in [0.717, 1.165) is 38.9 Å². The first-order chi connectivity index (χ1) is 14.2. The molecule has 1 aliphatic heterocycles. The second-order valence-corrected chi connectivity index (χ2v) is 9.49. The van der Waals surface area contributed by atoms with Crippen LogP contribution in [-0.4, -0.2) is 36.4 Å². The molecule has 0 aromatic heterocycles. The standard InChI is InChI=1S/C21H26ClF3N2O.C2H6/c22-16-7-17(23)9-18(8-16)26-19(28)15-10-20(11-15)12-27(13-20)6-3-14-1-4-21(24,25)5-2-14;1-2/h7-9,14-15H,1-6,10-13H2,(H,26,28);1-2H3. The SMILES string of the molecule is CC.O=C(Nc1cc(F)cc(Cl)c1)C1CC2(C1)CN(CCC1CCC(F)(F)CC1)C2. The number of alkyl halides is 2. The number of halogens is 4. The van der Waals surface area contributed by atoms with E-state index in [4.69, 9.17) is 11.6 Å². The van der Waals surface area contributed by atoms with Crippen LogP contribution in [0, 0.1) is 23.1 Å². The van der Waals surface area contributed by atoms with Crippen LogP contribution in [0.2, 0.25) is 5.02 Å². The second-order valence-electron chi connectivity index (χ2n) is 9.05. The fraction of sp³-hybridized carbons (Fsp3) is 0.696. The van der Waals surface area contributed by atoms with Crippen molar-refractivity contribution in [1.29, 1.82) is 0 Å². The molecule has 3 fully saturated rings. The third-order valence-electron chi connectivity index (χ3n) is 6.67. The van der Waals surface area contributed by atoms with E-state index in [1.54, 1.807) is 6.07 Å². The molecule has 1 amide bonds. The Hall–Kier alpha value is -1.27. The molecule has 1 saturated heterocycles. The number of anilines is 1. The van der Waals surface area contributed by atoms with Crippen molar-refractivity contribution in [2.75, 3.05) is 25.0 Å². The average Bonchev–Trinajstić information content (AvgIpc) is 2.61. The monoisotopic (exact) mass is 444 g/mol. The summed E-state index contributed by atoms with van der Waals surface area (Å²) in [5.41, 5.74) is 0.630. The van der Waals surface area contributed by atoms with Gasteiger partial charge < -0.3 is 10.2 Å². The quantitative estimate of drug-likeness (QED) is 0.572. The van der Waals surface area contributed by atoms with E-state index >= 15 is 0 Å². The Morgan fingerprint density at radius 2 is 1.80 bits per heavy atom. The van der Waals surface area contributed by atoms with Crippen LogP contribution in [0.1, 0.15) is 58.8 Å². The average molecular weight is 445 g/mol. The molecule has 168 valence electrons. The van der Waals surface area contributed by atoms with E-state index in [0.29, 0.717) is 24.4 Å². The first kappa shape index (κ1) is 23.4. The third kappa shape index (κ3) is 5.70. The Bertz CT molecular complexity index is 714. The Balaban J connectivity index is 0.00000124. The number of amides is 1. The van der Waals surface area contributed by atoms with Crippen molar-refractivity contribution in [1.82, 2.24) is 4.90 Å². The maximum Gasteiger partial charge on any atom is 0.248 e. The summed E-state index contributed by atoms with van der Waals surface area (Å²) in [5.74, 6) is -2.60. The van der Waals surface area contributed by atoms with E-state index in [2.05, 4.69) is 10.2 Å². The van der Waals surface area contributed by atoms with Crippen molar-refractivity contribution in [2.45, 2.75) is 64.7 Å². The minimum absolute atomic E-state index is 0.0366. The van der Waals surface area contributed by atoms with Crippen molar-refractivity contribution >= 4 is 23.2 Å². The lowest BCUT2D eigenvalue weighted by Crippen LogP contribution is -2.63. The highest BCUT2D eigenvalue weighted by molar-refractivity contribution is 6.30. The Morgan fingerprint density at radius 1 is 1.17 bits per heavy atom. The van der Waals surface area contributed by atoms with Crippen LogP contribution < -0.4 is 5.32 Å². The molecule has 1 aromatic rings. The maximum absolute atomic E-state index is 13.4. The van der Waals surface area contributed by atoms with Gasteiger partial charge >= 0.3 is 0 Å². The fourth-order valence-electron chi connectivity index (χ4n) is 5.11. The molecular weight excluding hydrogens is 413 g/mol. The summed E-state index contributed by atoms with van der Waals surface area (Å²) in [6.45, 7) is 6.95. The lowest BCUT2D eigenvalue weighted by molar-refractivity contribution is -0.139. The molecule has 1 aromatic carbocycles. The molecule has 3 aliphatic rings. The predicted octanol–water partition coefficient (Wildman–Crippen LogP) is 6.37. The van der Waals surface area contributed by atoms with Gasteiger partial charge in [-0.05, 0) is 68.2 Å². The van der Waals surface area contributed by atoms with Gasteiger partial charge in [0.2, 0.25) is 11.8 Å². The summed E-state index contributed by atoms with van der Waals surface area (Å²) in [4.78, 5) is 14.7. The lowest BCUT2D eigenvalue weighted by Gasteiger charge is -2.59. The van der Waals surface area contributed by atoms with Gasteiger partial charge in [0.05, 0.1) is 0 Å². The summed E-state index contributed by atoms with van der Waals surface area (Å²) >= 11 is 5.82. The molecule has 3 nitrogen and oxygen atoms in total. The normalized spacial score (nSPS) is 23.1. The van der Waals surface area contributed by atoms with Crippen LogP contribution in [-0.2, 0) is 4.79 Å². The number of nitrogens with one attached hydrogen (secondary N) is 1. The molecule has 1 spiro atoms. The molecule has 1 heterocycles. The fourth-order valence-corrected chi connectivity index (χ4v) is 5.34. The summed E-state index contributed by atoms with van der Waals surface area (Å²) < 4.78 is 39.8. The van der Waals surface area contributed by atoms with Crippen molar-refractivity contribution in [3.63, 3.8) is 0 Å². The summed E-state index contributed by atoms with van der Waals surface area (Å²) in [6, 6.07) is 4.02. The number of hydrogen-bond donors (Lipinski definition) is 1. The van der Waals surface area contributed by atoms with Crippen molar-refractivity contribution in [3.05, 3.63) is 29.0 Å². The van der Waals surface area contributed by atoms with Gasteiger partial charge in [0, 0.05) is 42.6 Å². The van der Waals surface area contributed by atoms with Crippen LogP contribution in [0.5, 0.6) is 0 Å². The van der Waals surface area contributed by atoms with Crippen molar-refractivity contribution in [3.8, 4) is 0 Å². The molecule has 4 rings (SSSR count). The van der Waals surface area contributed by atoms with Gasteiger partial charge in [-0.3, -0.25) is 4.79 Å². The zero-order valence-electron chi connectivity index (χ0n) is 17.8. The van der Waals surface area contributed by atoms with Crippen LogP contribution in [0.3, 0.4) is 0 Å². The van der Waals surface area contributed by atoms with E-state index in [1.807, 2.05) is 13.8 Å². The molecule has 0 atom stereocenters. The molecule has 7 heteroatoms. The van der Waals surface area contributed by atoms with E-state index < -0.39 is 11.7 Å². The molecule has 30 heavy (non-hydrogen) atoms. The summed E-state index contributed by atoms with van der Waals surface area (Å²) in [6.07, 6.45) is 4.05. The molecule has 1 N–H and O–H groups in total. The number of carbonyl (C=O) groups excluding carboxylic acids is 1. The minimum Gasteiger partial charge on any atom is -0.326 e. The molecule has 2 saturated carbocycles. The van der Waals surface area contributed by atoms with Gasteiger partial charge in [-0.15, -0.1) is 0 Å². The number of benzene rings is 1. The van der Waals surface area contributed by atoms with Gasteiger partial charge in [0.25, 0.3) is 0 Å². The Morgan fingerprint density at radius 3 is 2.40 bits per heavy atom. The highest BCUT2D eigenvalue weighted by Crippen LogP contribution is 2.52. The van der Waals surface area contributed by atoms with E-state index in [1.165, 1.54) is 12.1 Å². The third-order valence-corrected chi connectivity index (χ3v) is 6.89. The lowest BCUT2D eigenvalue weighted by atomic mass is 9.57. The number of hydrogen-bond acceptors (Lipinski definition) is 2. The number of likely N-dealkylation sites (tertiary alicyclic amines) is 1. The van der Waals surface area contributed by atoms with Crippen LogP contribution in [0.4, 0.5) is 18.9 Å². The smallest absolute Gasteiger partial charge is 0.248 e. The first-order valence-electron chi connectivity index (χ1n) is 11.1. The maximum atomic E-state index is 13.4. The molecule has 0 radical (unpaired) electrons. The predicted molar refractivity (Wildman–Crippen MR) is 115 cm³/mol. The number of carbonyl (C=O) groups is 1. The van der Waals surface area contributed by atoms with Crippen molar-refractivity contribution < 1.29 is 18.0 Å². The highest BCUT2D eigenvalue weighted by Gasteiger charge is 2.54. The molecular formula is C23H32ClF3N2O. The minimum atomic E-state index is -2.45. The Kier molecular flexibility index (Phi) is 7.39. The molecule has 2 aliphatic carbocycles.